The van der Waals surface area contributed by atoms with Gasteiger partial charge in [0.2, 0.25) is 15.9 Å². The molecule has 2 N–H and O–H groups in total. The summed E-state index contributed by atoms with van der Waals surface area (Å²) in [6.45, 7) is 0.442. The quantitative estimate of drug-likeness (QED) is 0.566. The maximum atomic E-state index is 13.4. The van der Waals surface area contributed by atoms with Gasteiger partial charge in [0.15, 0.2) is 0 Å². The lowest BCUT2D eigenvalue weighted by atomic mass is 9.76. The van der Waals surface area contributed by atoms with Crippen LogP contribution in [0.4, 0.5) is 4.39 Å². The minimum Gasteiger partial charge on any atom is -0.495 e. The van der Waals surface area contributed by atoms with Gasteiger partial charge in [-0.05, 0) is 43.2 Å². The summed E-state index contributed by atoms with van der Waals surface area (Å²) in [4.78, 5) is 11.7. The van der Waals surface area contributed by atoms with Crippen LogP contribution in [0.25, 0.3) is 0 Å². The molecule has 2 aromatic rings. The average Bonchev–Trinajstić information content (AvgIpc) is 2.78. The lowest BCUT2D eigenvalue weighted by molar-refractivity contribution is -0.121. The number of hydrogen-bond acceptors (Lipinski definition) is 6. The summed E-state index contributed by atoms with van der Waals surface area (Å²) in [6.07, 6.45) is 0.741. The molecule has 1 aliphatic heterocycles. The standard InChI is InChI=1S/C22H26ClFN2O6S/c1-30-18-12-19(31-2)20(11-17(18)23)33(28,29)26-9-7-22(8-10-26,13-21(25)27)14-32-16-5-3-15(24)4-6-16/h3-6,11-12H,7-10,13-14H2,1-2H3,(H2,25,27). The van der Waals surface area contributed by atoms with E-state index in [0.717, 1.165) is 0 Å². The highest BCUT2D eigenvalue weighted by molar-refractivity contribution is 7.89. The molecule has 0 aliphatic carbocycles. The highest BCUT2D eigenvalue weighted by Crippen LogP contribution is 2.40. The summed E-state index contributed by atoms with van der Waals surface area (Å²) < 4.78 is 57.4. The Bertz CT molecular complexity index is 1100. The summed E-state index contributed by atoms with van der Waals surface area (Å²) in [5.41, 5.74) is 4.83. The lowest BCUT2D eigenvalue weighted by Gasteiger charge is -2.40. The van der Waals surface area contributed by atoms with Crippen molar-refractivity contribution >= 4 is 27.5 Å². The van der Waals surface area contributed by atoms with E-state index >= 15 is 0 Å². The summed E-state index contributed by atoms with van der Waals surface area (Å²) in [6, 6.07) is 8.26. The van der Waals surface area contributed by atoms with Crippen LogP contribution in [0.1, 0.15) is 19.3 Å². The molecular formula is C22H26ClFN2O6S. The Morgan fingerprint density at radius 2 is 1.73 bits per heavy atom. The van der Waals surface area contributed by atoms with Crippen molar-refractivity contribution in [2.45, 2.75) is 24.2 Å². The number of halogens is 2. The number of nitrogens with zero attached hydrogens (tertiary/aromatic N) is 1. The molecule has 180 valence electrons. The van der Waals surface area contributed by atoms with E-state index in [1.807, 2.05) is 0 Å². The van der Waals surface area contributed by atoms with Crippen LogP contribution >= 0.6 is 11.6 Å². The Kier molecular flexibility index (Phi) is 7.71. The molecule has 8 nitrogen and oxygen atoms in total. The first kappa shape index (κ1) is 25.1. The molecule has 3 rings (SSSR count). The average molecular weight is 501 g/mol. The Hall–Kier alpha value is -2.56. The maximum absolute atomic E-state index is 13.4. The van der Waals surface area contributed by atoms with Crippen LogP contribution in [0, 0.1) is 11.2 Å². The van der Waals surface area contributed by atoms with Crippen LogP contribution in [0.2, 0.25) is 5.02 Å². The molecule has 0 atom stereocenters. The van der Waals surface area contributed by atoms with Gasteiger partial charge in [0.25, 0.3) is 0 Å². The fourth-order valence-corrected chi connectivity index (χ4v) is 5.79. The normalized spacial score (nSPS) is 16.2. The number of hydrogen-bond donors (Lipinski definition) is 1. The Balaban J connectivity index is 1.79. The zero-order valence-corrected chi connectivity index (χ0v) is 19.9. The van der Waals surface area contributed by atoms with E-state index in [0.29, 0.717) is 24.3 Å². The number of carbonyl (C=O) groups is 1. The number of methoxy groups -OCH3 is 2. The van der Waals surface area contributed by atoms with Gasteiger partial charge in [-0.1, -0.05) is 11.6 Å². The summed E-state index contributed by atoms with van der Waals surface area (Å²) in [5, 5.41) is 0.143. The molecule has 2 aromatic carbocycles. The molecule has 0 radical (unpaired) electrons. The van der Waals surface area contributed by atoms with Crippen LogP contribution in [0.5, 0.6) is 17.2 Å². The maximum Gasteiger partial charge on any atom is 0.246 e. The zero-order valence-electron chi connectivity index (χ0n) is 18.3. The number of rotatable bonds is 9. The first-order valence-corrected chi connectivity index (χ1v) is 12.0. The van der Waals surface area contributed by atoms with Gasteiger partial charge in [-0.3, -0.25) is 4.79 Å². The van der Waals surface area contributed by atoms with Crippen molar-refractivity contribution in [2.75, 3.05) is 33.9 Å². The van der Waals surface area contributed by atoms with Gasteiger partial charge < -0.3 is 19.9 Å². The van der Waals surface area contributed by atoms with E-state index in [9.17, 15) is 17.6 Å². The molecule has 1 aliphatic rings. The molecule has 0 saturated carbocycles. The van der Waals surface area contributed by atoms with Gasteiger partial charge in [-0.2, -0.15) is 4.31 Å². The van der Waals surface area contributed by atoms with Crippen molar-refractivity contribution in [1.82, 2.24) is 4.31 Å². The van der Waals surface area contributed by atoms with Crippen molar-refractivity contribution in [2.24, 2.45) is 11.1 Å². The smallest absolute Gasteiger partial charge is 0.246 e. The third kappa shape index (κ3) is 5.69. The highest BCUT2D eigenvalue weighted by Gasteiger charge is 2.41. The van der Waals surface area contributed by atoms with Crippen LogP contribution in [-0.4, -0.2) is 52.5 Å². The van der Waals surface area contributed by atoms with Gasteiger partial charge in [0.05, 0.1) is 25.8 Å². The molecule has 0 spiro atoms. The fraction of sp³-hybridized carbons (Fsp3) is 0.409. The van der Waals surface area contributed by atoms with E-state index < -0.39 is 21.3 Å². The SMILES string of the molecule is COc1cc(OC)c(S(=O)(=O)N2CCC(COc3ccc(F)cc3)(CC(N)=O)CC2)cc1Cl. The van der Waals surface area contributed by atoms with Gasteiger partial charge in [0.1, 0.15) is 28.0 Å². The van der Waals surface area contributed by atoms with E-state index in [2.05, 4.69) is 0 Å². The molecule has 0 unspecified atom stereocenters. The van der Waals surface area contributed by atoms with Gasteiger partial charge in [-0.25, -0.2) is 12.8 Å². The fourth-order valence-electron chi connectivity index (χ4n) is 3.88. The second-order valence-electron chi connectivity index (χ2n) is 7.93. The summed E-state index contributed by atoms with van der Waals surface area (Å²) >= 11 is 6.16. The largest absolute Gasteiger partial charge is 0.495 e. The number of primary amides is 1. The van der Waals surface area contributed by atoms with Crippen molar-refractivity contribution in [3.05, 3.63) is 47.2 Å². The predicted octanol–water partition coefficient (Wildman–Crippen LogP) is 3.22. The molecule has 0 aromatic heterocycles. The molecule has 1 fully saturated rings. The first-order chi connectivity index (χ1) is 15.6. The lowest BCUT2D eigenvalue weighted by Crippen LogP contribution is -2.47. The van der Waals surface area contributed by atoms with Crippen LogP contribution in [-0.2, 0) is 14.8 Å². The van der Waals surface area contributed by atoms with Crippen molar-refractivity contribution in [3.8, 4) is 17.2 Å². The number of sulfonamides is 1. The van der Waals surface area contributed by atoms with E-state index in [1.54, 1.807) is 0 Å². The summed E-state index contributed by atoms with van der Waals surface area (Å²) in [7, 11) is -1.15. The topological polar surface area (TPSA) is 108 Å². The molecule has 33 heavy (non-hydrogen) atoms. The van der Waals surface area contributed by atoms with Crippen molar-refractivity contribution < 1.29 is 31.8 Å². The van der Waals surface area contributed by atoms with Crippen LogP contribution in [0.15, 0.2) is 41.3 Å². The van der Waals surface area contributed by atoms with Gasteiger partial charge >= 0.3 is 0 Å². The Morgan fingerprint density at radius 3 is 2.27 bits per heavy atom. The van der Waals surface area contributed by atoms with Gasteiger partial charge in [0, 0.05) is 31.0 Å². The van der Waals surface area contributed by atoms with E-state index in [4.69, 9.17) is 31.5 Å². The third-order valence-electron chi connectivity index (χ3n) is 5.75. The van der Waals surface area contributed by atoms with Gasteiger partial charge in [-0.15, -0.1) is 0 Å². The van der Waals surface area contributed by atoms with Crippen molar-refractivity contribution in [3.63, 3.8) is 0 Å². The molecule has 1 amide bonds. The van der Waals surface area contributed by atoms with Crippen LogP contribution in [0.3, 0.4) is 0 Å². The number of carbonyl (C=O) groups excluding carboxylic acids is 1. The minimum atomic E-state index is -3.93. The van der Waals surface area contributed by atoms with E-state index in [-0.39, 0.29) is 47.6 Å². The predicted molar refractivity (Wildman–Crippen MR) is 121 cm³/mol. The Labute approximate surface area is 197 Å². The molecule has 0 bridgehead atoms. The zero-order chi connectivity index (χ0) is 24.2. The number of amides is 1. The molecular weight excluding hydrogens is 475 g/mol. The van der Waals surface area contributed by atoms with Crippen molar-refractivity contribution in [1.29, 1.82) is 0 Å². The number of nitrogens with two attached hydrogens (primary N) is 1. The molecule has 11 heteroatoms. The summed E-state index contributed by atoms with van der Waals surface area (Å²) in [5.74, 6) is -0.0262. The second-order valence-corrected chi connectivity index (χ2v) is 10.2. The Morgan fingerprint density at radius 1 is 1.12 bits per heavy atom. The number of ether oxygens (including phenoxy) is 3. The highest BCUT2D eigenvalue weighted by atomic mass is 35.5. The first-order valence-electron chi connectivity index (χ1n) is 10.2. The second kappa shape index (κ2) is 10.1. The third-order valence-corrected chi connectivity index (χ3v) is 7.96. The molecule has 1 heterocycles. The minimum absolute atomic E-state index is 0.0414. The van der Waals surface area contributed by atoms with Crippen LogP contribution < -0.4 is 19.9 Å². The number of piperidine rings is 1. The van der Waals surface area contributed by atoms with E-state index in [1.165, 1.54) is 54.9 Å². The monoisotopic (exact) mass is 500 g/mol. The number of benzene rings is 2. The molecule has 1 saturated heterocycles.